The molecular weight excluding hydrogens is 262 g/mol. The molecule has 1 rings (SSSR count). The van der Waals surface area contributed by atoms with Crippen LogP contribution in [0.3, 0.4) is 0 Å². The molecule has 0 spiro atoms. The number of ether oxygens (including phenoxy) is 2. The zero-order chi connectivity index (χ0) is 14.8. The maximum Gasteiger partial charge on any atom is 0.341 e. The number of rotatable bonds is 9. The first-order chi connectivity index (χ1) is 9.69. The van der Waals surface area contributed by atoms with E-state index in [9.17, 15) is 4.79 Å². The van der Waals surface area contributed by atoms with Crippen LogP contribution in [-0.2, 0) is 9.47 Å². The van der Waals surface area contributed by atoms with E-state index >= 15 is 0 Å². The summed E-state index contributed by atoms with van der Waals surface area (Å²) in [7, 11) is 0. The van der Waals surface area contributed by atoms with Crippen LogP contribution >= 0.6 is 0 Å². The summed E-state index contributed by atoms with van der Waals surface area (Å²) >= 11 is 0. The third-order valence-corrected chi connectivity index (χ3v) is 2.46. The first-order valence-electron chi connectivity index (χ1n) is 6.62. The zero-order valence-corrected chi connectivity index (χ0v) is 11.9. The van der Waals surface area contributed by atoms with Crippen LogP contribution in [-0.4, -0.2) is 54.0 Å². The van der Waals surface area contributed by atoms with Gasteiger partial charge in [-0.3, -0.25) is 0 Å². The largest absolute Gasteiger partial charge is 0.462 e. The van der Waals surface area contributed by atoms with Crippen molar-refractivity contribution in [1.29, 1.82) is 0 Å². The number of aryl methyl sites for hydroxylation is 1. The van der Waals surface area contributed by atoms with E-state index in [-0.39, 0.29) is 6.61 Å². The maximum absolute atomic E-state index is 11.6. The lowest BCUT2D eigenvalue weighted by molar-refractivity contribution is 0.0524. The van der Waals surface area contributed by atoms with Crippen LogP contribution in [0.25, 0.3) is 0 Å². The fourth-order valence-corrected chi connectivity index (χ4v) is 1.50. The number of carbonyl (C=O) groups is 1. The highest BCUT2D eigenvalue weighted by Gasteiger charge is 2.12. The van der Waals surface area contributed by atoms with Gasteiger partial charge in [-0.2, -0.15) is 0 Å². The number of aromatic nitrogens is 2. The summed E-state index contributed by atoms with van der Waals surface area (Å²) in [5.74, 6) is 0.0617. The molecule has 7 nitrogen and oxygen atoms in total. The molecule has 0 bridgehead atoms. The van der Waals surface area contributed by atoms with E-state index < -0.39 is 5.97 Å². The molecule has 112 valence electrons. The van der Waals surface area contributed by atoms with Crippen LogP contribution in [0, 0.1) is 6.92 Å². The van der Waals surface area contributed by atoms with Crippen molar-refractivity contribution in [3.05, 3.63) is 17.5 Å². The first kappa shape index (κ1) is 16.3. The van der Waals surface area contributed by atoms with Crippen molar-refractivity contribution in [2.24, 2.45) is 0 Å². The molecule has 0 aliphatic rings. The van der Waals surface area contributed by atoms with Gasteiger partial charge in [-0.05, 0) is 20.3 Å². The highest BCUT2D eigenvalue weighted by atomic mass is 16.5. The Hall–Kier alpha value is -1.73. The number of aliphatic hydroxyl groups is 1. The summed E-state index contributed by atoms with van der Waals surface area (Å²) in [5, 5.41) is 11.6. The quantitative estimate of drug-likeness (QED) is 0.510. The molecule has 20 heavy (non-hydrogen) atoms. The van der Waals surface area contributed by atoms with E-state index in [0.717, 1.165) is 6.42 Å². The number of nitrogens with zero attached hydrogens (tertiary/aromatic N) is 2. The second kappa shape index (κ2) is 9.22. The van der Waals surface area contributed by atoms with Crippen LogP contribution in [0.5, 0.6) is 0 Å². The lowest BCUT2D eigenvalue weighted by Crippen LogP contribution is -2.13. The summed E-state index contributed by atoms with van der Waals surface area (Å²) in [4.78, 5) is 19.9. The zero-order valence-electron chi connectivity index (χ0n) is 11.9. The topological polar surface area (TPSA) is 93.6 Å². The number of anilines is 1. The fourth-order valence-electron chi connectivity index (χ4n) is 1.50. The van der Waals surface area contributed by atoms with Gasteiger partial charge in [-0.1, -0.05) is 0 Å². The average molecular weight is 283 g/mol. The van der Waals surface area contributed by atoms with Crippen molar-refractivity contribution >= 4 is 11.9 Å². The Balaban J connectivity index is 2.41. The SMILES string of the molecule is CCOC(=O)c1cnc(NCCCOCCO)nc1C. The number of hydrogen-bond acceptors (Lipinski definition) is 7. The van der Waals surface area contributed by atoms with Crippen LogP contribution in [0.4, 0.5) is 5.95 Å². The Kier molecular flexibility index (Phi) is 7.52. The van der Waals surface area contributed by atoms with Gasteiger partial charge in [0.25, 0.3) is 0 Å². The minimum Gasteiger partial charge on any atom is -0.462 e. The van der Waals surface area contributed by atoms with Crippen molar-refractivity contribution in [2.45, 2.75) is 20.3 Å². The van der Waals surface area contributed by atoms with Crippen LogP contribution in [0.1, 0.15) is 29.4 Å². The van der Waals surface area contributed by atoms with E-state index in [1.807, 2.05) is 0 Å². The number of hydrogen-bond donors (Lipinski definition) is 2. The van der Waals surface area contributed by atoms with Gasteiger partial charge in [0.05, 0.1) is 31.1 Å². The van der Waals surface area contributed by atoms with E-state index in [1.165, 1.54) is 6.20 Å². The van der Waals surface area contributed by atoms with E-state index in [2.05, 4.69) is 15.3 Å². The molecule has 0 aromatic carbocycles. The van der Waals surface area contributed by atoms with E-state index in [1.54, 1.807) is 13.8 Å². The molecule has 0 aliphatic carbocycles. The van der Waals surface area contributed by atoms with Gasteiger partial charge in [-0.25, -0.2) is 14.8 Å². The second-order valence-electron chi connectivity index (χ2n) is 4.03. The van der Waals surface area contributed by atoms with Crippen LogP contribution in [0.15, 0.2) is 6.20 Å². The molecule has 1 aromatic rings. The Morgan fingerprint density at radius 1 is 1.45 bits per heavy atom. The Morgan fingerprint density at radius 2 is 2.25 bits per heavy atom. The minimum atomic E-state index is -0.408. The van der Waals surface area contributed by atoms with Crippen molar-refractivity contribution in [3.63, 3.8) is 0 Å². The van der Waals surface area contributed by atoms with Crippen LogP contribution < -0.4 is 5.32 Å². The fraction of sp³-hybridized carbons (Fsp3) is 0.615. The predicted octanol–water partition coefficient (Wildman–Crippen LogP) is 0.773. The lowest BCUT2D eigenvalue weighted by atomic mass is 10.2. The lowest BCUT2D eigenvalue weighted by Gasteiger charge is -2.08. The smallest absolute Gasteiger partial charge is 0.341 e. The summed E-state index contributed by atoms with van der Waals surface area (Å²) < 4.78 is 10.0. The van der Waals surface area contributed by atoms with Gasteiger partial charge in [0.15, 0.2) is 0 Å². The number of carbonyl (C=O) groups excluding carboxylic acids is 1. The predicted molar refractivity (Wildman–Crippen MR) is 73.7 cm³/mol. The monoisotopic (exact) mass is 283 g/mol. The van der Waals surface area contributed by atoms with Gasteiger partial charge in [0.1, 0.15) is 0 Å². The molecular formula is C13H21N3O4. The van der Waals surface area contributed by atoms with Gasteiger partial charge in [0, 0.05) is 19.3 Å². The molecule has 0 atom stereocenters. The minimum absolute atomic E-state index is 0.0328. The second-order valence-corrected chi connectivity index (χ2v) is 4.03. The molecule has 0 saturated carbocycles. The van der Waals surface area contributed by atoms with Crippen molar-refractivity contribution in [1.82, 2.24) is 9.97 Å². The van der Waals surface area contributed by atoms with Crippen molar-refractivity contribution < 1.29 is 19.4 Å². The number of esters is 1. The highest BCUT2D eigenvalue weighted by molar-refractivity contribution is 5.90. The third-order valence-electron chi connectivity index (χ3n) is 2.46. The molecule has 0 unspecified atom stereocenters. The summed E-state index contributed by atoms with van der Waals surface area (Å²) in [6.45, 7) is 5.42. The molecule has 0 aliphatic heterocycles. The molecule has 1 heterocycles. The number of aliphatic hydroxyl groups excluding tert-OH is 1. The van der Waals surface area contributed by atoms with Gasteiger partial charge in [-0.15, -0.1) is 0 Å². The Morgan fingerprint density at radius 3 is 2.90 bits per heavy atom. The summed E-state index contributed by atoms with van der Waals surface area (Å²) in [5.41, 5.74) is 0.959. The summed E-state index contributed by atoms with van der Waals surface area (Å²) in [6, 6.07) is 0. The Labute approximate surface area is 118 Å². The van der Waals surface area contributed by atoms with Crippen molar-refractivity contribution in [3.8, 4) is 0 Å². The normalized spacial score (nSPS) is 10.3. The summed E-state index contributed by atoms with van der Waals surface area (Å²) in [6.07, 6.45) is 2.24. The first-order valence-corrected chi connectivity index (χ1v) is 6.62. The van der Waals surface area contributed by atoms with Gasteiger partial charge < -0.3 is 19.9 Å². The molecule has 1 aromatic heterocycles. The average Bonchev–Trinajstić information content (AvgIpc) is 2.43. The Bertz CT molecular complexity index is 426. The molecule has 7 heteroatoms. The molecule has 0 saturated heterocycles. The van der Waals surface area contributed by atoms with E-state index in [4.69, 9.17) is 14.6 Å². The van der Waals surface area contributed by atoms with Gasteiger partial charge in [0.2, 0.25) is 5.95 Å². The maximum atomic E-state index is 11.6. The van der Waals surface area contributed by atoms with Crippen LogP contribution in [0.2, 0.25) is 0 Å². The molecule has 0 amide bonds. The highest BCUT2D eigenvalue weighted by Crippen LogP contribution is 2.08. The van der Waals surface area contributed by atoms with E-state index in [0.29, 0.717) is 43.6 Å². The standard InChI is InChI=1S/C13H21N3O4/c1-3-20-12(18)11-9-15-13(16-10(11)2)14-5-4-7-19-8-6-17/h9,17H,3-8H2,1-2H3,(H,14,15,16). The third kappa shape index (κ3) is 5.50. The van der Waals surface area contributed by atoms with Crippen molar-refractivity contribution in [2.75, 3.05) is 38.3 Å². The molecule has 0 radical (unpaired) electrons. The van der Waals surface area contributed by atoms with Gasteiger partial charge >= 0.3 is 5.97 Å². The molecule has 0 fully saturated rings. The molecule has 2 N–H and O–H groups in total. The number of nitrogens with one attached hydrogen (secondary N) is 1.